The zero-order valence-electron chi connectivity index (χ0n) is 14.7. The molecule has 0 saturated carbocycles. The van der Waals surface area contributed by atoms with E-state index in [1.54, 1.807) is 6.08 Å². The molecule has 0 fully saturated rings. The van der Waals surface area contributed by atoms with Gasteiger partial charge in [0, 0.05) is 0 Å². The Kier molecular flexibility index (Phi) is 12.0. The second-order valence-electron chi connectivity index (χ2n) is 6.22. The summed E-state index contributed by atoms with van der Waals surface area (Å²) in [6, 6.07) is 0. The lowest BCUT2D eigenvalue weighted by molar-refractivity contribution is 0.231. The molecule has 1 nitrogen and oxygen atoms in total. The highest BCUT2D eigenvalue weighted by molar-refractivity contribution is 5.07. The number of rotatable bonds is 10. The Bertz CT molecular complexity index is 390. The van der Waals surface area contributed by atoms with E-state index in [0.717, 1.165) is 32.1 Å². The molecule has 0 aromatic rings. The van der Waals surface area contributed by atoms with Crippen molar-refractivity contribution in [3.05, 3.63) is 46.6 Å². The van der Waals surface area contributed by atoms with Crippen LogP contribution in [0, 0.1) is 0 Å². The fourth-order valence-electron chi connectivity index (χ4n) is 2.13. The van der Waals surface area contributed by atoms with Gasteiger partial charge in [0.05, 0.1) is 0 Å². The monoisotopic (exact) mass is 289 g/mol. The van der Waals surface area contributed by atoms with Crippen molar-refractivity contribution >= 4 is 0 Å². The second-order valence-corrected chi connectivity index (χ2v) is 6.22. The third kappa shape index (κ3) is 13.7. The number of hydrogen-bond acceptors (Lipinski definition) is 0. The van der Waals surface area contributed by atoms with Crippen LogP contribution in [0.25, 0.3) is 0 Å². The first-order valence-corrected chi connectivity index (χ1v) is 8.14. The van der Waals surface area contributed by atoms with E-state index in [9.17, 15) is 5.11 Å². The first kappa shape index (κ1) is 19.9. The van der Waals surface area contributed by atoms with Gasteiger partial charge in [-0.05, 0) is 73.1 Å². The number of hydrogen-bond donors (Lipinski definition) is 0. The predicted molar refractivity (Wildman–Crippen MR) is 94.0 cm³/mol. The van der Waals surface area contributed by atoms with Crippen LogP contribution in [0.1, 0.15) is 73.1 Å². The van der Waals surface area contributed by atoms with Crippen LogP contribution in [0.5, 0.6) is 0 Å². The molecule has 0 bridgehead atoms. The summed E-state index contributed by atoms with van der Waals surface area (Å²) in [4.78, 5) is 0. The molecule has 119 valence electrons. The maximum atomic E-state index is 10.5. The van der Waals surface area contributed by atoms with Gasteiger partial charge >= 0.3 is 0 Å². The molecule has 0 spiro atoms. The highest BCUT2D eigenvalue weighted by Gasteiger charge is 1.93. The van der Waals surface area contributed by atoms with E-state index in [-0.39, 0.29) is 6.61 Å². The molecule has 0 aromatic heterocycles. The molecule has 0 atom stereocenters. The van der Waals surface area contributed by atoms with E-state index in [1.807, 2.05) is 6.92 Å². The van der Waals surface area contributed by atoms with Crippen LogP contribution in [-0.4, -0.2) is 6.61 Å². The molecular weight excluding hydrogens is 256 g/mol. The third-order valence-corrected chi connectivity index (χ3v) is 3.59. The topological polar surface area (TPSA) is 19.9 Å². The first-order chi connectivity index (χ1) is 9.95. The summed E-state index contributed by atoms with van der Waals surface area (Å²) in [5.41, 5.74) is 5.57. The molecule has 0 aliphatic rings. The van der Waals surface area contributed by atoms with E-state index in [2.05, 4.69) is 45.9 Å². The quantitative estimate of drug-likeness (QED) is 0.406. The van der Waals surface area contributed by atoms with Gasteiger partial charge in [-0.25, -0.2) is 5.11 Å². The van der Waals surface area contributed by atoms with E-state index in [4.69, 9.17) is 0 Å². The van der Waals surface area contributed by atoms with Crippen LogP contribution >= 0.6 is 0 Å². The third-order valence-electron chi connectivity index (χ3n) is 3.59. The lowest BCUT2D eigenvalue weighted by Crippen LogP contribution is -1.83. The van der Waals surface area contributed by atoms with Gasteiger partial charge in [-0.1, -0.05) is 46.6 Å². The molecule has 0 saturated heterocycles. The average molecular weight is 289 g/mol. The highest BCUT2D eigenvalue weighted by Crippen LogP contribution is 2.13. The summed E-state index contributed by atoms with van der Waals surface area (Å²) in [5.74, 6) is 0. The Morgan fingerprint density at radius 1 is 0.619 bits per heavy atom. The van der Waals surface area contributed by atoms with Crippen LogP contribution in [0.2, 0.25) is 0 Å². The van der Waals surface area contributed by atoms with Gasteiger partial charge < -0.3 is 0 Å². The van der Waals surface area contributed by atoms with Crippen molar-refractivity contribution in [3.63, 3.8) is 0 Å². The van der Waals surface area contributed by atoms with E-state index in [1.165, 1.54) is 28.7 Å². The van der Waals surface area contributed by atoms with E-state index in [0.29, 0.717) is 0 Å². The molecule has 1 heteroatoms. The normalized spacial score (nSPS) is 13.5. The van der Waals surface area contributed by atoms with Gasteiger partial charge in [-0.3, -0.25) is 0 Å². The van der Waals surface area contributed by atoms with Crippen LogP contribution in [-0.2, 0) is 5.11 Å². The SMILES string of the molecule is CC(C)=CCC/C(C)=C/CC/C(C)=C/CC/C(C)=C/C[O]. The molecule has 0 rings (SSSR count). The largest absolute Gasteiger partial charge is 0.232 e. The van der Waals surface area contributed by atoms with E-state index >= 15 is 0 Å². The molecule has 0 aliphatic heterocycles. The molecule has 0 heterocycles. The molecular formula is C20H33O. The van der Waals surface area contributed by atoms with Crippen LogP contribution < -0.4 is 0 Å². The fraction of sp³-hybridized carbons (Fsp3) is 0.600. The Morgan fingerprint density at radius 2 is 1.00 bits per heavy atom. The fourth-order valence-corrected chi connectivity index (χ4v) is 2.13. The van der Waals surface area contributed by atoms with Crippen molar-refractivity contribution in [1.82, 2.24) is 0 Å². The van der Waals surface area contributed by atoms with Gasteiger partial charge in [-0.15, -0.1) is 0 Å². The maximum absolute atomic E-state index is 10.5. The van der Waals surface area contributed by atoms with Crippen LogP contribution in [0.4, 0.5) is 0 Å². The smallest absolute Gasteiger partial charge is 0.101 e. The van der Waals surface area contributed by atoms with Crippen LogP contribution in [0.15, 0.2) is 46.6 Å². The summed E-state index contributed by atoms with van der Waals surface area (Å²) < 4.78 is 0. The van der Waals surface area contributed by atoms with E-state index < -0.39 is 0 Å². The van der Waals surface area contributed by atoms with Crippen molar-refractivity contribution < 1.29 is 5.11 Å². The van der Waals surface area contributed by atoms with Crippen molar-refractivity contribution in [3.8, 4) is 0 Å². The summed E-state index contributed by atoms with van der Waals surface area (Å²) in [6.45, 7) is 10.7. The minimum absolute atomic E-state index is 0.0919. The summed E-state index contributed by atoms with van der Waals surface area (Å²) in [6.07, 6.45) is 15.4. The lowest BCUT2D eigenvalue weighted by atomic mass is 10.0. The Hall–Kier alpha value is -1.08. The molecule has 0 unspecified atom stereocenters. The van der Waals surface area contributed by atoms with Gasteiger partial charge in [0.1, 0.15) is 6.61 Å². The minimum atomic E-state index is -0.0919. The zero-order chi connectivity index (χ0) is 16.1. The minimum Gasteiger partial charge on any atom is -0.232 e. The second kappa shape index (κ2) is 12.6. The summed E-state index contributed by atoms with van der Waals surface area (Å²) in [5, 5.41) is 10.5. The van der Waals surface area contributed by atoms with Crippen molar-refractivity contribution in [1.29, 1.82) is 0 Å². The van der Waals surface area contributed by atoms with Gasteiger partial charge in [0.25, 0.3) is 0 Å². The van der Waals surface area contributed by atoms with Gasteiger partial charge in [0.2, 0.25) is 0 Å². The molecule has 0 N–H and O–H groups in total. The highest BCUT2D eigenvalue weighted by atomic mass is 16.2. The van der Waals surface area contributed by atoms with Crippen molar-refractivity contribution in [2.75, 3.05) is 6.61 Å². The van der Waals surface area contributed by atoms with Crippen LogP contribution in [0.3, 0.4) is 0 Å². The standard InChI is InChI=1S/C20H33O/c1-17(2)9-6-10-18(3)11-7-12-19(4)13-8-14-20(5)15-16-21/h9,11,13,15H,6-8,10,12,14,16H2,1-5H3/b18-11+,19-13+,20-15+. The molecule has 1 radical (unpaired) electrons. The Morgan fingerprint density at radius 3 is 1.38 bits per heavy atom. The Labute approximate surface area is 132 Å². The van der Waals surface area contributed by atoms with Crippen molar-refractivity contribution in [2.24, 2.45) is 0 Å². The summed E-state index contributed by atoms with van der Waals surface area (Å²) in [7, 11) is 0. The molecule has 0 aliphatic carbocycles. The number of allylic oxidation sites excluding steroid dienone is 7. The molecule has 0 aromatic carbocycles. The molecule has 0 amide bonds. The maximum Gasteiger partial charge on any atom is 0.101 e. The lowest BCUT2D eigenvalue weighted by Gasteiger charge is -2.02. The Balaban J connectivity index is 3.93. The zero-order valence-corrected chi connectivity index (χ0v) is 14.7. The summed E-state index contributed by atoms with van der Waals surface area (Å²) >= 11 is 0. The van der Waals surface area contributed by atoms with Crippen molar-refractivity contribution in [2.45, 2.75) is 73.1 Å². The average Bonchev–Trinajstić information content (AvgIpc) is 2.38. The first-order valence-electron chi connectivity index (χ1n) is 8.14. The molecule has 21 heavy (non-hydrogen) atoms. The predicted octanol–water partition coefficient (Wildman–Crippen LogP) is 6.56. The van der Waals surface area contributed by atoms with Gasteiger partial charge in [-0.2, -0.15) is 0 Å². The van der Waals surface area contributed by atoms with Gasteiger partial charge in [0.15, 0.2) is 0 Å².